The van der Waals surface area contributed by atoms with Crippen molar-refractivity contribution >= 4 is 39.3 Å². The summed E-state index contributed by atoms with van der Waals surface area (Å²) >= 11 is 4.65. The fraction of sp³-hybridized carbons (Fsp3) is 0.310. The molecular weight excluding hydrogens is 598 g/mol. The summed E-state index contributed by atoms with van der Waals surface area (Å²) in [5, 5.41) is 9.08. The van der Waals surface area contributed by atoms with E-state index in [0.717, 1.165) is 0 Å². The number of halogens is 1. The lowest BCUT2D eigenvalue weighted by Crippen LogP contribution is -2.40. The lowest BCUT2D eigenvalue weighted by molar-refractivity contribution is -0.139. The van der Waals surface area contributed by atoms with Gasteiger partial charge < -0.3 is 18.9 Å². The van der Waals surface area contributed by atoms with Crippen LogP contribution in [0.4, 0.5) is 0 Å². The van der Waals surface area contributed by atoms with Gasteiger partial charge in [0.25, 0.3) is 5.56 Å². The van der Waals surface area contributed by atoms with Gasteiger partial charge in [0, 0.05) is 15.6 Å². The molecule has 0 spiro atoms. The number of esters is 1. The second kappa shape index (κ2) is 12.5. The molecule has 1 aromatic heterocycles. The normalized spacial score (nSPS) is 14.8. The van der Waals surface area contributed by atoms with Crippen LogP contribution in [0.1, 0.15) is 44.9 Å². The molecule has 0 amide bonds. The Bertz CT molecular complexity index is 1700. The summed E-state index contributed by atoms with van der Waals surface area (Å²) in [6, 6.07) is 12.0. The predicted molar refractivity (Wildman–Crippen MR) is 154 cm³/mol. The van der Waals surface area contributed by atoms with E-state index in [1.165, 1.54) is 23.0 Å². The van der Waals surface area contributed by atoms with Gasteiger partial charge in [0.05, 0.1) is 35.6 Å². The maximum Gasteiger partial charge on any atom is 0.338 e. The topological polar surface area (TPSA) is 112 Å². The lowest BCUT2D eigenvalue weighted by Gasteiger charge is -2.26. The Morgan fingerprint density at radius 2 is 2.02 bits per heavy atom. The van der Waals surface area contributed by atoms with Crippen LogP contribution in [0.2, 0.25) is 0 Å². The monoisotopic (exact) mass is 625 g/mol. The summed E-state index contributed by atoms with van der Waals surface area (Å²) in [4.78, 5) is 32.4. The van der Waals surface area contributed by atoms with Crippen molar-refractivity contribution in [1.82, 2.24) is 4.57 Å². The van der Waals surface area contributed by atoms with Gasteiger partial charge in [-0.05, 0) is 52.0 Å². The van der Waals surface area contributed by atoms with Gasteiger partial charge in [-0.3, -0.25) is 9.36 Å². The minimum atomic E-state index is -0.821. The molecule has 3 aromatic rings. The molecule has 40 heavy (non-hydrogen) atoms. The number of aromatic nitrogens is 1. The van der Waals surface area contributed by atoms with Crippen molar-refractivity contribution in [3.63, 3.8) is 0 Å². The van der Waals surface area contributed by atoms with E-state index >= 15 is 0 Å². The Balaban J connectivity index is 2.00. The molecule has 2 aromatic carbocycles. The van der Waals surface area contributed by atoms with Crippen molar-refractivity contribution in [3.8, 4) is 23.3 Å². The van der Waals surface area contributed by atoms with E-state index in [0.29, 0.717) is 47.9 Å². The first kappa shape index (κ1) is 29.1. The largest absolute Gasteiger partial charge is 0.493 e. The number of para-hydroxylation sites is 1. The third-order valence-electron chi connectivity index (χ3n) is 5.93. The highest BCUT2D eigenvalue weighted by molar-refractivity contribution is 9.10. The van der Waals surface area contributed by atoms with Crippen LogP contribution in [0.5, 0.6) is 17.2 Å². The minimum Gasteiger partial charge on any atom is -0.493 e. The zero-order chi connectivity index (χ0) is 29.0. The van der Waals surface area contributed by atoms with Crippen molar-refractivity contribution in [2.24, 2.45) is 4.99 Å². The maximum atomic E-state index is 14.1. The van der Waals surface area contributed by atoms with E-state index in [-0.39, 0.29) is 30.5 Å². The van der Waals surface area contributed by atoms with Crippen molar-refractivity contribution in [2.45, 2.75) is 39.8 Å². The Labute approximate surface area is 243 Å². The smallest absolute Gasteiger partial charge is 0.338 e. The Morgan fingerprint density at radius 1 is 1.27 bits per heavy atom. The van der Waals surface area contributed by atoms with E-state index in [1.807, 2.05) is 44.2 Å². The molecule has 1 aliphatic heterocycles. The molecule has 0 saturated heterocycles. The summed E-state index contributed by atoms with van der Waals surface area (Å²) in [5.41, 5.74) is 1.55. The van der Waals surface area contributed by atoms with Gasteiger partial charge in [-0.15, -0.1) is 0 Å². The number of allylic oxidation sites excluding steroid dienone is 1. The molecule has 0 bridgehead atoms. The van der Waals surface area contributed by atoms with E-state index < -0.39 is 12.0 Å². The van der Waals surface area contributed by atoms with Gasteiger partial charge >= 0.3 is 5.97 Å². The zero-order valence-corrected chi connectivity index (χ0v) is 25.1. The van der Waals surface area contributed by atoms with E-state index in [2.05, 4.69) is 20.9 Å². The highest BCUT2D eigenvalue weighted by atomic mass is 79.9. The molecular formula is C29H28BrN3O6S. The number of carbonyl (C=O) groups is 1. The summed E-state index contributed by atoms with van der Waals surface area (Å²) in [6.07, 6.45) is 1.53. The third-order valence-corrected chi connectivity index (χ3v) is 7.37. The van der Waals surface area contributed by atoms with Crippen LogP contribution < -0.4 is 29.1 Å². The quantitative estimate of drug-likeness (QED) is 0.327. The maximum absolute atomic E-state index is 14.1. The molecule has 0 N–H and O–H groups in total. The van der Waals surface area contributed by atoms with Crippen molar-refractivity contribution in [2.75, 3.05) is 20.3 Å². The highest BCUT2D eigenvalue weighted by Gasteiger charge is 2.35. The van der Waals surface area contributed by atoms with Gasteiger partial charge in [-0.2, -0.15) is 5.26 Å². The Morgan fingerprint density at radius 3 is 2.70 bits per heavy atom. The molecule has 0 radical (unpaired) electrons. The summed E-state index contributed by atoms with van der Waals surface area (Å²) in [7, 11) is 1.50. The first-order chi connectivity index (χ1) is 19.2. The molecule has 1 aliphatic rings. The van der Waals surface area contributed by atoms with E-state index in [1.54, 1.807) is 32.1 Å². The Hall–Kier alpha value is -3.88. The predicted octanol–water partition coefficient (Wildman–Crippen LogP) is 4.26. The number of thiazole rings is 1. The van der Waals surface area contributed by atoms with Crippen LogP contribution in [-0.4, -0.2) is 37.0 Å². The van der Waals surface area contributed by atoms with Gasteiger partial charge in [0.2, 0.25) is 0 Å². The van der Waals surface area contributed by atoms with Crippen molar-refractivity contribution < 1.29 is 23.7 Å². The van der Waals surface area contributed by atoms with Crippen molar-refractivity contribution in [3.05, 3.63) is 83.0 Å². The van der Waals surface area contributed by atoms with Gasteiger partial charge in [-0.1, -0.05) is 45.5 Å². The number of fused-ring (bicyclic) bond motifs is 1. The molecule has 4 rings (SSSR count). The average molecular weight is 627 g/mol. The molecule has 0 aliphatic carbocycles. The molecule has 2 heterocycles. The fourth-order valence-corrected chi connectivity index (χ4v) is 5.89. The number of rotatable bonds is 9. The first-order valence-corrected chi connectivity index (χ1v) is 14.1. The third kappa shape index (κ3) is 5.83. The number of nitriles is 1. The summed E-state index contributed by atoms with van der Waals surface area (Å²) in [5.74, 6) is 0.735. The van der Waals surface area contributed by atoms with Crippen LogP contribution in [-0.2, 0) is 9.53 Å². The molecule has 1 atom stereocenters. The highest BCUT2D eigenvalue weighted by Crippen LogP contribution is 2.37. The lowest BCUT2D eigenvalue weighted by atomic mass is 9.95. The van der Waals surface area contributed by atoms with Gasteiger partial charge in [-0.25, -0.2) is 9.79 Å². The number of carbonyl (C=O) groups excluding carboxylic acids is 1. The number of methoxy groups -OCH3 is 1. The molecule has 0 unspecified atom stereocenters. The van der Waals surface area contributed by atoms with Crippen LogP contribution in [0.3, 0.4) is 0 Å². The molecule has 9 nitrogen and oxygen atoms in total. The summed E-state index contributed by atoms with van der Waals surface area (Å²) in [6.45, 7) is 7.25. The van der Waals surface area contributed by atoms with Crippen LogP contribution in [0.15, 0.2) is 61.9 Å². The second-order valence-corrected chi connectivity index (χ2v) is 10.9. The number of ether oxygens (including phenoxy) is 4. The molecule has 0 fully saturated rings. The number of benzene rings is 2. The first-order valence-electron chi connectivity index (χ1n) is 12.5. The van der Waals surface area contributed by atoms with Crippen LogP contribution in [0.25, 0.3) is 6.08 Å². The molecule has 208 valence electrons. The van der Waals surface area contributed by atoms with Gasteiger partial charge in [0.1, 0.15) is 17.9 Å². The second-order valence-electron chi connectivity index (χ2n) is 8.98. The van der Waals surface area contributed by atoms with Crippen molar-refractivity contribution in [1.29, 1.82) is 5.26 Å². The Kier molecular flexibility index (Phi) is 9.12. The van der Waals surface area contributed by atoms with E-state index in [9.17, 15) is 9.59 Å². The summed E-state index contributed by atoms with van der Waals surface area (Å²) < 4.78 is 25.2. The minimum absolute atomic E-state index is 0.133. The van der Waals surface area contributed by atoms with E-state index in [4.69, 9.17) is 24.2 Å². The average Bonchev–Trinajstić information content (AvgIpc) is 3.21. The number of hydrogen-bond donors (Lipinski definition) is 0. The standard InChI is InChI=1S/C29H28BrN3O6S/c1-6-37-28(35)24-17(4)32-29-33(25(24)20-9-7-8-10-21(20)39-16(2)3)27(34)23(40-29)14-18-13-19(30)15-22(36-5)26(18)38-12-11-31/h7-10,13-16,25H,6,12H2,1-5H3/b23-14-/t25-/m0/s1. The fourth-order valence-electron chi connectivity index (χ4n) is 4.40. The van der Waals surface area contributed by atoms with Crippen LogP contribution >= 0.6 is 27.3 Å². The molecule has 0 saturated carbocycles. The number of hydrogen-bond acceptors (Lipinski definition) is 9. The van der Waals surface area contributed by atoms with Gasteiger partial charge in [0.15, 0.2) is 22.9 Å². The zero-order valence-electron chi connectivity index (χ0n) is 22.7. The van der Waals surface area contributed by atoms with Crippen LogP contribution in [0, 0.1) is 11.3 Å². The SMILES string of the molecule is CCOC(=O)C1=C(C)N=c2s/c(=C\c3cc(Br)cc(OC)c3OCC#N)c(=O)n2[C@H]1c1ccccc1OC(C)C. The number of nitrogens with zero attached hydrogens (tertiary/aromatic N) is 3. The molecule has 11 heteroatoms.